The molecule has 2 aromatic rings. The van der Waals surface area contributed by atoms with Gasteiger partial charge in [-0.05, 0) is 64.1 Å². The first-order valence-electron chi connectivity index (χ1n) is 11.2. The minimum absolute atomic E-state index is 0.0456. The van der Waals surface area contributed by atoms with Gasteiger partial charge in [0, 0.05) is 37.4 Å². The summed E-state index contributed by atoms with van der Waals surface area (Å²) in [5.41, 5.74) is 0.285. The molecule has 0 aliphatic carbocycles. The zero-order valence-corrected chi connectivity index (χ0v) is 20.0. The number of rotatable bonds is 4. The van der Waals surface area contributed by atoms with E-state index in [1.807, 2.05) is 20.9 Å². The molecular formula is C24H27ClF3N3O3. The zero-order chi connectivity index (χ0) is 24.8. The molecule has 2 aliphatic rings. The zero-order valence-electron chi connectivity index (χ0n) is 19.3. The van der Waals surface area contributed by atoms with Gasteiger partial charge in [-0.3, -0.25) is 14.5 Å². The van der Waals surface area contributed by atoms with Crippen molar-refractivity contribution in [3.8, 4) is 5.75 Å². The first kappa shape index (κ1) is 24.6. The van der Waals surface area contributed by atoms with E-state index in [9.17, 15) is 22.8 Å². The Labute approximate surface area is 201 Å². The van der Waals surface area contributed by atoms with Gasteiger partial charge in [-0.25, -0.2) is 0 Å². The van der Waals surface area contributed by atoms with E-state index in [0.717, 1.165) is 0 Å². The number of aromatic nitrogens is 1. The third kappa shape index (κ3) is 4.31. The molecule has 0 radical (unpaired) electrons. The van der Waals surface area contributed by atoms with E-state index in [1.54, 1.807) is 29.2 Å². The quantitative estimate of drug-likeness (QED) is 0.572. The number of ketones is 1. The summed E-state index contributed by atoms with van der Waals surface area (Å²) in [5.74, 6) is -1.47. The average molecular weight is 498 g/mol. The Morgan fingerprint density at radius 2 is 1.74 bits per heavy atom. The molecule has 2 aliphatic heterocycles. The number of alkyl halides is 3. The van der Waals surface area contributed by atoms with E-state index in [2.05, 4.69) is 4.90 Å². The number of hydrogen-bond donors (Lipinski definition) is 0. The Hall–Kier alpha value is -2.52. The summed E-state index contributed by atoms with van der Waals surface area (Å²) in [7, 11) is 1.94. The Balaban J connectivity index is 1.53. The third-order valence-electron chi connectivity index (χ3n) is 6.76. The van der Waals surface area contributed by atoms with E-state index in [4.69, 9.17) is 16.3 Å². The highest BCUT2D eigenvalue weighted by atomic mass is 35.5. The number of carbonyl (C=O) groups is 2. The van der Waals surface area contributed by atoms with Crippen LogP contribution in [-0.2, 0) is 12.1 Å². The number of hydrogen-bond acceptors (Lipinski definition) is 4. The summed E-state index contributed by atoms with van der Waals surface area (Å²) in [6, 6.07) is 7.86. The molecule has 1 aromatic carbocycles. The molecule has 1 spiro atoms. The summed E-state index contributed by atoms with van der Waals surface area (Å²) in [5, 5.41) is 0.361. The lowest BCUT2D eigenvalue weighted by atomic mass is 9.81. The molecule has 184 valence electrons. The molecule has 3 heterocycles. The van der Waals surface area contributed by atoms with Crippen LogP contribution in [0.2, 0.25) is 5.02 Å². The van der Waals surface area contributed by atoms with Gasteiger partial charge in [-0.15, -0.1) is 0 Å². The molecule has 0 saturated carbocycles. The molecule has 6 nitrogen and oxygen atoms in total. The Morgan fingerprint density at radius 3 is 2.32 bits per heavy atom. The van der Waals surface area contributed by atoms with E-state index in [-0.39, 0.29) is 17.7 Å². The van der Waals surface area contributed by atoms with Crippen molar-refractivity contribution >= 4 is 23.3 Å². The fraction of sp³-hybridized carbons (Fsp3) is 0.500. The smallest absolute Gasteiger partial charge is 0.456 e. The van der Waals surface area contributed by atoms with E-state index < -0.39 is 17.5 Å². The highest BCUT2D eigenvalue weighted by Gasteiger charge is 2.47. The normalized spacial score (nSPS) is 18.3. The monoisotopic (exact) mass is 497 g/mol. The number of piperidine rings is 1. The number of amides is 1. The fourth-order valence-corrected chi connectivity index (χ4v) is 5.23. The van der Waals surface area contributed by atoms with Crippen molar-refractivity contribution in [2.24, 2.45) is 0 Å². The molecule has 0 unspecified atom stereocenters. The molecule has 1 fully saturated rings. The van der Waals surface area contributed by atoms with Crippen molar-refractivity contribution < 1.29 is 27.5 Å². The summed E-state index contributed by atoms with van der Waals surface area (Å²) in [6.07, 6.45) is -3.88. The predicted molar refractivity (Wildman–Crippen MR) is 121 cm³/mol. The average Bonchev–Trinajstić information content (AvgIpc) is 3.21. The number of carbonyl (C=O) groups excluding carboxylic acids is 2. The standard InChI is InChI=1S/C24H27ClF3N3O3/c1-15(2)34-19-6-4-16(14-17(19)25)22(33)30-10-8-23(9-11-30)20-7-5-18(21(32)24(26,27)28)31(20)13-12-29(23)3/h4-7,14-15H,8-13H2,1-3H3. The first-order valence-corrected chi connectivity index (χ1v) is 11.6. The van der Waals surface area contributed by atoms with E-state index in [0.29, 0.717) is 61.1 Å². The number of likely N-dealkylation sites (N-methyl/N-ethyl adjacent to an activating group) is 1. The molecule has 4 rings (SSSR count). The first-order chi connectivity index (χ1) is 15.9. The summed E-state index contributed by atoms with van der Waals surface area (Å²) in [4.78, 5) is 28.9. The number of fused-ring (bicyclic) bond motifs is 2. The molecule has 1 aromatic heterocycles. The lowest BCUT2D eigenvalue weighted by Crippen LogP contribution is -2.56. The van der Waals surface area contributed by atoms with Crippen molar-refractivity contribution in [1.29, 1.82) is 0 Å². The minimum atomic E-state index is -4.92. The number of halogens is 4. The highest BCUT2D eigenvalue weighted by Crippen LogP contribution is 2.42. The number of benzene rings is 1. The number of ether oxygens (including phenoxy) is 1. The van der Waals surface area contributed by atoms with Gasteiger partial charge in [-0.2, -0.15) is 13.2 Å². The molecule has 0 bridgehead atoms. The SMILES string of the molecule is CC(C)Oc1ccc(C(=O)N2CCC3(CC2)c2ccc(C(=O)C(F)(F)F)n2CCN3C)cc1Cl. The van der Waals surface area contributed by atoms with Gasteiger partial charge in [0.1, 0.15) is 5.75 Å². The summed E-state index contributed by atoms with van der Waals surface area (Å²) in [6.45, 7) is 5.46. The van der Waals surface area contributed by atoms with E-state index >= 15 is 0 Å². The van der Waals surface area contributed by atoms with Crippen molar-refractivity contribution in [2.75, 3.05) is 26.7 Å². The number of Topliss-reactive ketones (excluding diaryl/α,β-unsaturated/α-hetero) is 1. The lowest BCUT2D eigenvalue weighted by Gasteiger charge is -2.50. The summed E-state index contributed by atoms with van der Waals surface area (Å²) < 4.78 is 46.4. The van der Waals surface area contributed by atoms with Gasteiger partial charge in [0.15, 0.2) is 0 Å². The maximum atomic E-state index is 13.1. The van der Waals surface area contributed by atoms with Crippen LogP contribution in [0.4, 0.5) is 13.2 Å². The second kappa shape index (κ2) is 8.92. The second-order valence-electron chi connectivity index (χ2n) is 9.14. The van der Waals surface area contributed by atoms with Crippen LogP contribution in [-0.4, -0.2) is 65.0 Å². The van der Waals surface area contributed by atoms with Crippen LogP contribution in [0.1, 0.15) is 53.2 Å². The highest BCUT2D eigenvalue weighted by molar-refractivity contribution is 6.32. The van der Waals surface area contributed by atoms with Crippen LogP contribution in [0.25, 0.3) is 0 Å². The van der Waals surface area contributed by atoms with Crippen LogP contribution >= 0.6 is 11.6 Å². The van der Waals surface area contributed by atoms with Gasteiger partial charge < -0.3 is 14.2 Å². The molecule has 0 atom stereocenters. The fourth-order valence-electron chi connectivity index (χ4n) is 5.00. The molecule has 1 amide bonds. The molecule has 10 heteroatoms. The van der Waals surface area contributed by atoms with Gasteiger partial charge in [0.2, 0.25) is 0 Å². The molecule has 1 saturated heterocycles. The van der Waals surface area contributed by atoms with Crippen LogP contribution in [0.3, 0.4) is 0 Å². The predicted octanol–water partition coefficient (Wildman–Crippen LogP) is 4.75. The molecule has 0 N–H and O–H groups in total. The number of nitrogens with zero attached hydrogens (tertiary/aromatic N) is 3. The molecular weight excluding hydrogens is 471 g/mol. The maximum absolute atomic E-state index is 13.1. The van der Waals surface area contributed by atoms with Gasteiger partial charge >= 0.3 is 6.18 Å². The van der Waals surface area contributed by atoms with Gasteiger partial charge in [0.05, 0.1) is 22.4 Å². The largest absolute Gasteiger partial charge is 0.489 e. The van der Waals surface area contributed by atoms with Crippen LogP contribution in [0.15, 0.2) is 30.3 Å². The van der Waals surface area contributed by atoms with Crippen molar-refractivity contribution in [3.63, 3.8) is 0 Å². The van der Waals surface area contributed by atoms with Gasteiger partial charge in [-0.1, -0.05) is 11.6 Å². The van der Waals surface area contributed by atoms with Gasteiger partial charge in [0.25, 0.3) is 11.7 Å². The molecule has 34 heavy (non-hydrogen) atoms. The maximum Gasteiger partial charge on any atom is 0.456 e. The Morgan fingerprint density at radius 1 is 1.06 bits per heavy atom. The number of likely N-dealkylation sites (tertiary alicyclic amines) is 1. The van der Waals surface area contributed by atoms with Crippen LogP contribution in [0.5, 0.6) is 5.75 Å². The Bertz CT molecular complexity index is 1100. The van der Waals surface area contributed by atoms with Crippen LogP contribution in [0, 0.1) is 0 Å². The second-order valence-corrected chi connectivity index (χ2v) is 9.55. The topological polar surface area (TPSA) is 54.8 Å². The minimum Gasteiger partial charge on any atom is -0.489 e. The van der Waals surface area contributed by atoms with Crippen molar-refractivity contribution in [3.05, 3.63) is 52.3 Å². The third-order valence-corrected chi connectivity index (χ3v) is 7.05. The summed E-state index contributed by atoms with van der Waals surface area (Å²) >= 11 is 6.30. The Kier molecular flexibility index (Phi) is 6.46. The van der Waals surface area contributed by atoms with Crippen LogP contribution < -0.4 is 4.74 Å². The van der Waals surface area contributed by atoms with Crippen molar-refractivity contribution in [1.82, 2.24) is 14.4 Å². The van der Waals surface area contributed by atoms with E-state index in [1.165, 1.54) is 10.6 Å². The van der Waals surface area contributed by atoms with Crippen molar-refractivity contribution in [2.45, 2.75) is 51.1 Å². The lowest BCUT2D eigenvalue weighted by molar-refractivity contribution is -0.0892.